The highest BCUT2D eigenvalue weighted by atomic mass is 35.5. The molecule has 5 rings (SSSR count). The van der Waals surface area contributed by atoms with E-state index in [9.17, 15) is 0 Å². The molecule has 0 N–H and O–H groups in total. The standard InChI is InChI=1S/C15H12Cl4O3/c1-20-14-3-2-7(15(6-14)21-4-5-22-15)8-9(14)11(17)13(19)12(18)10(8)16/h2-3,7H,4-6H2,1H3/t7-,14-/m1/s1. The van der Waals surface area contributed by atoms with Crippen LogP contribution in [0.3, 0.4) is 0 Å². The minimum absolute atomic E-state index is 0.193. The van der Waals surface area contributed by atoms with Gasteiger partial charge in [-0.15, -0.1) is 0 Å². The van der Waals surface area contributed by atoms with Crippen molar-refractivity contribution >= 4 is 46.4 Å². The van der Waals surface area contributed by atoms with Gasteiger partial charge in [-0.1, -0.05) is 58.6 Å². The molecule has 1 fully saturated rings. The minimum atomic E-state index is -0.790. The largest absolute Gasteiger partial charge is 0.369 e. The van der Waals surface area contributed by atoms with Crippen LogP contribution in [0.1, 0.15) is 23.5 Å². The molecule has 2 atom stereocenters. The molecular formula is C15H12Cl4O3. The van der Waals surface area contributed by atoms with Crippen LogP contribution in [-0.2, 0) is 19.8 Å². The van der Waals surface area contributed by atoms with Crippen LogP contribution in [0, 0.1) is 0 Å². The Morgan fingerprint density at radius 3 is 2.32 bits per heavy atom. The van der Waals surface area contributed by atoms with Gasteiger partial charge < -0.3 is 14.2 Å². The van der Waals surface area contributed by atoms with Gasteiger partial charge in [0.2, 0.25) is 0 Å². The zero-order valence-electron chi connectivity index (χ0n) is 11.6. The third kappa shape index (κ3) is 1.76. The molecule has 7 heteroatoms. The van der Waals surface area contributed by atoms with Gasteiger partial charge in [-0.3, -0.25) is 0 Å². The maximum atomic E-state index is 6.49. The Labute approximate surface area is 148 Å². The van der Waals surface area contributed by atoms with E-state index in [0.717, 1.165) is 11.1 Å². The van der Waals surface area contributed by atoms with Crippen LogP contribution in [0.15, 0.2) is 12.2 Å². The Balaban J connectivity index is 2.06. The topological polar surface area (TPSA) is 27.7 Å². The van der Waals surface area contributed by atoms with Gasteiger partial charge in [-0.25, -0.2) is 0 Å². The predicted molar refractivity (Wildman–Crippen MR) is 86.3 cm³/mol. The maximum absolute atomic E-state index is 6.49. The van der Waals surface area contributed by atoms with E-state index in [1.165, 1.54) is 0 Å². The Hall–Kier alpha value is -0.000000000000000153. The summed E-state index contributed by atoms with van der Waals surface area (Å²) < 4.78 is 17.7. The van der Waals surface area contributed by atoms with Crippen LogP contribution in [0.25, 0.3) is 0 Å². The Bertz CT molecular complexity index is 697. The van der Waals surface area contributed by atoms with E-state index in [-0.39, 0.29) is 16.0 Å². The fourth-order valence-electron chi connectivity index (χ4n) is 3.77. The average Bonchev–Trinajstić information content (AvgIpc) is 2.98. The highest BCUT2D eigenvalue weighted by Crippen LogP contribution is 2.62. The van der Waals surface area contributed by atoms with Gasteiger partial charge in [0.05, 0.1) is 39.2 Å². The van der Waals surface area contributed by atoms with Crippen molar-refractivity contribution < 1.29 is 14.2 Å². The molecule has 1 aliphatic heterocycles. The van der Waals surface area contributed by atoms with Crippen molar-refractivity contribution in [2.75, 3.05) is 20.3 Å². The van der Waals surface area contributed by atoms with Crippen LogP contribution in [-0.4, -0.2) is 26.1 Å². The molecule has 22 heavy (non-hydrogen) atoms. The van der Waals surface area contributed by atoms with Crippen molar-refractivity contribution in [2.45, 2.75) is 23.7 Å². The van der Waals surface area contributed by atoms with Crippen molar-refractivity contribution in [3.05, 3.63) is 43.4 Å². The number of methoxy groups -OCH3 is 1. The number of ether oxygens (including phenoxy) is 3. The fraction of sp³-hybridized carbons (Fsp3) is 0.467. The lowest BCUT2D eigenvalue weighted by Gasteiger charge is -2.51. The van der Waals surface area contributed by atoms with Crippen LogP contribution >= 0.6 is 46.4 Å². The first-order valence-corrected chi connectivity index (χ1v) is 8.36. The predicted octanol–water partition coefficient (Wildman–Crippen LogP) is 4.94. The van der Waals surface area contributed by atoms with E-state index in [1.807, 2.05) is 12.2 Å². The lowest BCUT2D eigenvalue weighted by molar-refractivity contribution is -0.215. The van der Waals surface area contributed by atoms with E-state index in [1.54, 1.807) is 7.11 Å². The lowest BCUT2D eigenvalue weighted by Crippen LogP contribution is -2.52. The maximum Gasteiger partial charge on any atom is 0.182 e. The van der Waals surface area contributed by atoms with E-state index in [2.05, 4.69) is 0 Å². The number of halogens is 4. The first-order valence-electron chi connectivity index (χ1n) is 6.84. The summed E-state index contributed by atoms with van der Waals surface area (Å²) in [6.45, 7) is 1.07. The summed E-state index contributed by atoms with van der Waals surface area (Å²) >= 11 is 25.4. The monoisotopic (exact) mass is 380 g/mol. The van der Waals surface area contributed by atoms with Gasteiger partial charge in [0.15, 0.2) is 5.79 Å². The first-order chi connectivity index (χ1) is 10.5. The van der Waals surface area contributed by atoms with Crippen molar-refractivity contribution in [3.8, 4) is 0 Å². The fourth-order valence-corrected chi connectivity index (χ4v) is 4.91. The Kier molecular flexibility index (Phi) is 3.53. The summed E-state index contributed by atoms with van der Waals surface area (Å²) in [5, 5.41) is 1.23. The molecule has 0 radical (unpaired) electrons. The summed E-state index contributed by atoms with van der Waals surface area (Å²) in [7, 11) is 1.62. The molecular weight excluding hydrogens is 370 g/mol. The Morgan fingerprint density at radius 1 is 1.05 bits per heavy atom. The summed E-state index contributed by atoms with van der Waals surface area (Å²) in [5.41, 5.74) is 0.746. The highest BCUT2D eigenvalue weighted by molar-refractivity contribution is 6.52. The summed E-state index contributed by atoms with van der Waals surface area (Å²) in [4.78, 5) is 0. The molecule has 1 spiro atoms. The molecule has 1 aromatic rings. The molecule has 1 heterocycles. The second-order valence-electron chi connectivity index (χ2n) is 5.66. The molecule has 3 aliphatic carbocycles. The highest BCUT2D eigenvalue weighted by Gasteiger charge is 2.60. The van der Waals surface area contributed by atoms with Crippen LogP contribution in [0.4, 0.5) is 0 Å². The van der Waals surface area contributed by atoms with Gasteiger partial charge in [0.1, 0.15) is 5.60 Å². The van der Waals surface area contributed by atoms with E-state index < -0.39 is 11.4 Å². The second kappa shape index (κ2) is 5.00. The van der Waals surface area contributed by atoms with Crippen LogP contribution < -0.4 is 0 Å². The molecule has 3 nitrogen and oxygen atoms in total. The van der Waals surface area contributed by atoms with Gasteiger partial charge in [0.25, 0.3) is 0 Å². The molecule has 0 unspecified atom stereocenters. The summed E-state index contributed by atoms with van der Waals surface area (Å²) in [5.74, 6) is -0.983. The number of rotatable bonds is 1. The summed E-state index contributed by atoms with van der Waals surface area (Å²) in [6.07, 6.45) is 4.47. The third-order valence-electron chi connectivity index (χ3n) is 4.72. The molecule has 1 aromatic carbocycles. The SMILES string of the molecule is CO[C@@]12C=C[C@H](c3c(Cl)c(Cl)c(Cl)c(Cl)c31)C1(C2)OCCO1. The molecule has 4 aliphatic rings. The number of benzene rings is 1. The van der Waals surface area contributed by atoms with Gasteiger partial charge in [-0.05, 0) is 5.56 Å². The van der Waals surface area contributed by atoms with Crippen LogP contribution in [0.2, 0.25) is 20.1 Å². The average molecular weight is 382 g/mol. The van der Waals surface area contributed by atoms with Crippen molar-refractivity contribution in [3.63, 3.8) is 0 Å². The van der Waals surface area contributed by atoms with Gasteiger partial charge in [0, 0.05) is 19.1 Å². The minimum Gasteiger partial charge on any atom is -0.369 e. The zero-order valence-corrected chi connectivity index (χ0v) is 14.6. The van der Waals surface area contributed by atoms with Gasteiger partial charge >= 0.3 is 0 Å². The van der Waals surface area contributed by atoms with Crippen molar-refractivity contribution in [1.82, 2.24) is 0 Å². The first kappa shape index (κ1) is 15.5. The number of hydrogen-bond donors (Lipinski definition) is 0. The van der Waals surface area contributed by atoms with Gasteiger partial charge in [-0.2, -0.15) is 0 Å². The molecule has 0 amide bonds. The van der Waals surface area contributed by atoms with Crippen LogP contribution in [0.5, 0.6) is 0 Å². The second-order valence-corrected chi connectivity index (χ2v) is 7.17. The van der Waals surface area contributed by atoms with Crippen molar-refractivity contribution in [1.29, 1.82) is 0 Å². The van der Waals surface area contributed by atoms with E-state index in [0.29, 0.717) is 29.7 Å². The number of hydrogen-bond acceptors (Lipinski definition) is 3. The quantitative estimate of drug-likeness (QED) is 0.391. The van der Waals surface area contributed by atoms with Crippen molar-refractivity contribution in [2.24, 2.45) is 0 Å². The lowest BCUT2D eigenvalue weighted by atomic mass is 9.65. The summed E-state index contributed by atoms with van der Waals surface area (Å²) in [6, 6.07) is 0. The smallest absolute Gasteiger partial charge is 0.182 e. The molecule has 0 aromatic heterocycles. The van der Waals surface area contributed by atoms with E-state index >= 15 is 0 Å². The molecule has 118 valence electrons. The zero-order chi connectivity index (χ0) is 15.7. The van der Waals surface area contributed by atoms with E-state index in [4.69, 9.17) is 60.6 Å². The normalized spacial score (nSPS) is 31.0. The molecule has 2 bridgehead atoms. The molecule has 0 saturated carbocycles. The molecule has 1 saturated heterocycles. The third-order valence-corrected chi connectivity index (χ3v) is 6.54. The Morgan fingerprint density at radius 2 is 1.68 bits per heavy atom.